The smallest absolute Gasteiger partial charge is 0.167 e. The van der Waals surface area contributed by atoms with Gasteiger partial charge in [-0.1, -0.05) is 139 Å². The summed E-state index contributed by atoms with van der Waals surface area (Å²) in [5.41, 5.74) is 5.71. The van der Waals surface area contributed by atoms with Crippen LogP contribution >= 0.6 is 11.3 Å². The molecule has 3 aromatic heterocycles. The Morgan fingerprint density at radius 3 is 2.02 bits per heavy atom. The predicted octanol–water partition coefficient (Wildman–Crippen LogP) is 12.5. The first-order valence-corrected chi connectivity index (χ1v) is 16.9. The molecule has 0 fully saturated rings. The molecule has 0 aliphatic rings. The summed E-state index contributed by atoms with van der Waals surface area (Å²) < 4.78 is 62.5. The predicted molar refractivity (Wildman–Crippen MR) is 207 cm³/mol. The first-order chi connectivity index (χ1) is 27.3. The molecule has 0 amide bonds. The van der Waals surface area contributed by atoms with E-state index in [9.17, 15) is 4.11 Å². The van der Waals surface area contributed by atoms with Crippen molar-refractivity contribution in [2.75, 3.05) is 0 Å². The second-order valence-corrected chi connectivity index (χ2v) is 12.9. The van der Waals surface area contributed by atoms with Crippen molar-refractivity contribution >= 4 is 53.4 Å². The van der Waals surface area contributed by atoms with Crippen LogP contribution in [0.15, 0.2) is 168 Å². The Kier molecular flexibility index (Phi) is 5.35. The summed E-state index contributed by atoms with van der Waals surface area (Å²) in [5.74, 6) is 0.660. The molecule has 4 nitrogen and oxygen atoms in total. The normalized spacial score (nSPS) is 13.3. The minimum atomic E-state index is -0.284. The van der Waals surface area contributed by atoms with E-state index in [-0.39, 0.29) is 64.2 Å². The fraction of sp³-hybridized carbons (Fsp3) is 0. The Bertz CT molecular complexity index is 3220. The molecule has 0 spiro atoms. The lowest BCUT2D eigenvalue weighted by Gasteiger charge is -2.09. The molecule has 0 saturated carbocycles. The van der Waals surface area contributed by atoms with E-state index in [2.05, 4.69) is 0 Å². The topological polar surface area (TPSA) is 51.8 Å². The average Bonchev–Trinajstić information content (AvgIpc) is 3.83. The molecule has 7 aromatic carbocycles. The summed E-state index contributed by atoms with van der Waals surface area (Å²) in [6.45, 7) is 0. The lowest BCUT2D eigenvalue weighted by Crippen LogP contribution is -2.00. The van der Waals surface area contributed by atoms with Gasteiger partial charge in [0.15, 0.2) is 17.5 Å². The number of aromatic nitrogens is 3. The maximum atomic E-state index is 9.63. The largest absolute Gasteiger partial charge is 0.455 e. The molecule has 50 heavy (non-hydrogen) atoms. The van der Waals surface area contributed by atoms with Gasteiger partial charge in [0.2, 0.25) is 0 Å². The van der Waals surface area contributed by atoms with Gasteiger partial charge in [-0.15, -0.1) is 11.3 Å². The zero-order valence-corrected chi connectivity index (χ0v) is 27.1. The number of hydrogen-bond donors (Lipinski definition) is 0. The lowest BCUT2D eigenvalue weighted by molar-refractivity contribution is 0.669. The van der Waals surface area contributed by atoms with Crippen molar-refractivity contribution in [2.45, 2.75) is 0 Å². The van der Waals surface area contributed by atoms with E-state index in [1.807, 2.05) is 127 Å². The Balaban J connectivity index is 1.24. The van der Waals surface area contributed by atoms with Crippen molar-refractivity contribution in [1.29, 1.82) is 0 Å². The molecule has 0 unspecified atom stereocenters. The second-order valence-electron chi connectivity index (χ2n) is 11.9. The van der Waals surface area contributed by atoms with Crippen molar-refractivity contribution in [1.82, 2.24) is 15.0 Å². The number of thiophene rings is 1. The summed E-state index contributed by atoms with van der Waals surface area (Å²) in [5, 5.41) is 2.35. The zero-order valence-electron chi connectivity index (χ0n) is 32.3. The van der Waals surface area contributed by atoms with Crippen LogP contribution in [0.5, 0.6) is 0 Å². The molecule has 0 N–H and O–H groups in total. The molecule has 10 aromatic rings. The maximum absolute atomic E-state index is 9.63. The molecule has 3 heterocycles. The van der Waals surface area contributed by atoms with Crippen LogP contribution in [0.4, 0.5) is 0 Å². The minimum Gasteiger partial charge on any atom is -0.455 e. The monoisotopic (exact) mass is 663 g/mol. The number of rotatable bonds is 5. The highest BCUT2D eigenvalue weighted by molar-refractivity contribution is 7.26. The zero-order chi connectivity index (χ0) is 38.2. The summed E-state index contributed by atoms with van der Waals surface area (Å²) in [6.07, 6.45) is 0. The van der Waals surface area contributed by atoms with Crippen LogP contribution < -0.4 is 0 Å². The Morgan fingerprint density at radius 1 is 0.480 bits per heavy atom. The van der Waals surface area contributed by atoms with E-state index in [1.54, 1.807) is 0 Å². The fourth-order valence-electron chi connectivity index (χ4n) is 6.46. The van der Waals surface area contributed by atoms with Crippen LogP contribution in [0, 0.1) is 0 Å². The standard InChI is InChI=1S/C45H27N3OS/c1-3-12-28(13-4-1)30-16-9-17-31(26-30)33-19-10-21-37-35-25-24-32(27-40(35)50-42(33)37)44-46-43(29-14-5-2-6-15-29)47-45(48-44)38-22-11-20-36-34-18-7-8-23-39(34)49-41(36)38/h1-27H/i10D,19D,21D,24D,25D,27D. The molecule has 234 valence electrons. The molecular weight excluding hydrogens is 631 g/mol. The third-order valence-corrected chi connectivity index (χ3v) is 9.98. The number of para-hydroxylation sites is 2. The van der Waals surface area contributed by atoms with Gasteiger partial charge in [-0.25, -0.2) is 15.0 Å². The van der Waals surface area contributed by atoms with Gasteiger partial charge in [0, 0.05) is 42.1 Å². The van der Waals surface area contributed by atoms with Crippen LogP contribution in [0.2, 0.25) is 0 Å². The SMILES string of the molecule is [2H]c1c([2H])c([2H])c2c(sc3c([2H])c(-c4nc(-c5ccccc5)nc(-c5cccc6c5oc5ccccc56)n4)c([2H])c([2H])c32)c1-c1cccc(-c2ccccc2)c1. The van der Waals surface area contributed by atoms with Gasteiger partial charge in [-0.3, -0.25) is 0 Å². The number of nitrogens with zero attached hydrogens (tertiary/aromatic N) is 3. The summed E-state index contributed by atoms with van der Waals surface area (Å²) in [4.78, 5) is 14.6. The van der Waals surface area contributed by atoms with Crippen LogP contribution in [-0.4, -0.2) is 15.0 Å². The van der Waals surface area contributed by atoms with Crippen LogP contribution in [0.3, 0.4) is 0 Å². The molecule has 0 bridgehead atoms. The van der Waals surface area contributed by atoms with Crippen molar-refractivity contribution in [3.63, 3.8) is 0 Å². The van der Waals surface area contributed by atoms with Gasteiger partial charge in [-0.2, -0.15) is 0 Å². The van der Waals surface area contributed by atoms with E-state index in [4.69, 9.17) is 23.5 Å². The van der Waals surface area contributed by atoms with Gasteiger partial charge in [0.25, 0.3) is 0 Å². The molecule has 0 aliphatic heterocycles. The summed E-state index contributed by atoms with van der Waals surface area (Å²) in [6, 6.07) is 39.3. The summed E-state index contributed by atoms with van der Waals surface area (Å²) >= 11 is 1.19. The van der Waals surface area contributed by atoms with Gasteiger partial charge >= 0.3 is 0 Å². The van der Waals surface area contributed by atoms with E-state index in [0.717, 1.165) is 27.5 Å². The van der Waals surface area contributed by atoms with E-state index in [0.29, 0.717) is 43.1 Å². The lowest BCUT2D eigenvalue weighted by atomic mass is 9.98. The van der Waals surface area contributed by atoms with Gasteiger partial charge < -0.3 is 4.42 Å². The second kappa shape index (κ2) is 11.6. The molecule has 0 atom stereocenters. The molecule has 0 aliphatic carbocycles. The Morgan fingerprint density at radius 2 is 1.16 bits per heavy atom. The third kappa shape index (κ3) is 4.79. The fourth-order valence-corrected chi connectivity index (χ4v) is 7.60. The molecular formula is C45H27N3OS. The molecule has 5 heteroatoms. The highest BCUT2D eigenvalue weighted by Gasteiger charge is 2.19. The van der Waals surface area contributed by atoms with Crippen molar-refractivity contribution in [3.8, 4) is 56.4 Å². The number of fused-ring (bicyclic) bond motifs is 6. The van der Waals surface area contributed by atoms with Gasteiger partial charge in [0.05, 0.1) is 13.8 Å². The van der Waals surface area contributed by atoms with Crippen molar-refractivity contribution < 1.29 is 12.6 Å². The van der Waals surface area contributed by atoms with Crippen LogP contribution in [0.25, 0.3) is 98.5 Å². The van der Waals surface area contributed by atoms with E-state index in [1.165, 1.54) is 11.3 Å². The number of benzene rings is 7. The highest BCUT2D eigenvalue weighted by atomic mass is 32.1. The summed E-state index contributed by atoms with van der Waals surface area (Å²) in [7, 11) is 0. The maximum Gasteiger partial charge on any atom is 0.167 e. The third-order valence-electron chi connectivity index (χ3n) is 8.86. The number of furan rings is 1. The first kappa shape index (κ1) is 23.0. The molecule has 0 radical (unpaired) electrons. The van der Waals surface area contributed by atoms with Gasteiger partial charge in [-0.05, 0) is 46.5 Å². The van der Waals surface area contributed by atoms with Crippen LogP contribution in [-0.2, 0) is 0 Å². The quantitative estimate of drug-likeness (QED) is 0.184. The molecule has 0 saturated heterocycles. The van der Waals surface area contributed by atoms with Gasteiger partial charge in [0.1, 0.15) is 11.2 Å². The highest BCUT2D eigenvalue weighted by Crippen LogP contribution is 2.42. The Hall–Kier alpha value is -6.43. The van der Waals surface area contributed by atoms with Crippen LogP contribution in [0.1, 0.15) is 8.22 Å². The van der Waals surface area contributed by atoms with E-state index >= 15 is 0 Å². The minimum absolute atomic E-state index is 0.0445. The average molecular weight is 664 g/mol. The molecule has 10 rings (SSSR count). The van der Waals surface area contributed by atoms with E-state index < -0.39 is 0 Å². The first-order valence-electron chi connectivity index (χ1n) is 19.1. The van der Waals surface area contributed by atoms with Crippen molar-refractivity contribution in [3.05, 3.63) is 164 Å². The Labute approximate surface area is 300 Å². The van der Waals surface area contributed by atoms with Crippen molar-refractivity contribution in [2.24, 2.45) is 0 Å². The number of hydrogen-bond acceptors (Lipinski definition) is 5.